The first kappa shape index (κ1) is 22.2. The van der Waals surface area contributed by atoms with Crippen molar-refractivity contribution >= 4 is 10.1 Å². The van der Waals surface area contributed by atoms with Crippen LogP contribution in [0, 0.1) is 0 Å². The molecule has 0 fully saturated rings. The molecule has 0 aliphatic heterocycles. The Morgan fingerprint density at radius 3 is 2.21 bits per heavy atom. The van der Waals surface area contributed by atoms with Gasteiger partial charge in [-0.3, -0.25) is 4.55 Å². The molecule has 0 atom stereocenters. The van der Waals surface area contributed by atoms with Crippen molar-refractivity contribution in [2.24, 2.45) is 0 Å². The number of unbranched alkanes of at least 4 members (excludes halogenated alkanes) is 7. The van der Waals surface area contributed by atoms with Crippen LogP contribution in [0.5, 0.6) is 17.2 Å². The van der Waals surface area contributed by atoms with Crippen molar-refractivity contribution in [3.05, 3.63) is 48.0 Å². The molecule has 6 heteroatoms. The number of benzene rings is 2. The van der Waals surface area contributed by atoms with Crippen LogP contribution in [0.15, 0.2) is 47.4 Å². The lowest BCUT2D eigenvalue weighted by molar-refractivity contribution is 0.395. The second kappa shape index (κ2) is 11.1. The van der Waals surface area contributed by atoms with Gasteiger partial charge in [-0.15, -0.1) is 0 Å². The van der Waals surface area contributed by atoms with Gasteiger partial charge >= 0.3 is 0 Å². The van der Waals surface area contributed by atoms with Crippen molar-refractivity contribution in [1.82, 2.24) is 0 Å². The van der Waals surface area contributed by atoms with Gasteiger partial charge in [0, 0.05) is 0 Å². The molecular weight excluding hydrogens is 376 g/mol. The van der Waals surface area contributed by atoms with Gasteiger partial charge in [-0.25, -0.2) is 0 Å². The maximum absolute atomic E-state index is 11.3. The van der Waals surface area contributed by atoms with Crippen molar-refractivity contribution in [3.8, 4) is 17.2 Å². The number of ether oxygens (including phenoxy) is 1. The molecule has 0 aliphatic rings. The van der Waals surface area contributed by atoms with Crippen LogP contribution in [0.2, 0.25) is 0 Å². The Bertz CT molecular complexity index is 846. The van der Waals surface area contributed by atoms with E-state index >= 15 is 0 Å². The van der Waals surface area contributed by atoms with Crippen LogP contribution in [-0.4, -0.2) is 18.1 Å². The highest BCUT2D eigenvalue weighted by Crippen LogP contribution is 2.36. The topological polar surface area (TPSA) is 83.8 Å². The molecule has 154 valence electrons. The standard InChI is InChI=1S/C22H30O5S/c1-2-3-4-5-6-7-8-9-12-18-13-10-14-19(17-18)27-20-15-11-16-21(22(20)23)28(24,25)26/h10-11,13-17,23H,2-9,12H2,1H3,(H,24,25,26). The fraction of sp³-hybridized carbons (Fsp3) is 0.455. The Morgan fingerprint density at radius 1 is 0.893 bits per heavy atom. The van der Waals surface area contributed by atoms with Crippen LogP contribution in [0.1, 0.15) is 63.9 Å². The van der Waals surface area contributed by atoms with Crippen LogP contribution in [0.3, 0.4) is 0 Å². The minimum absolute atomic E-state index is 0.0145. The minimum atomic E-state index is -4.51. The molecule has 0 bridgehead atoms. The van der Waals surface area contributed by atoms with Gasteiger partial charge < -0.3 is 9.84 Å². The van der Waals surface area contributed by atoms with Crippen LogP contribution in [-0.2, 0) is 16.5 Å². The molecule has 0 radical (unpaired) electrons. The summed E-state index contributed by atoms with van der Waals surface area (Å²) < 4.78 is 37.4. The molecule has 0 aromatic heterocycles. The lowest BCUT2D eigenvalue weighted by Crippen LogP contribution is -1.99. The number of aryl methyl sites for hydroxylation is 1. The van der Waals surface area contributed by atoms with E-state index in [0.717, 1.165) is 24.5 Å². The summed E-state index contributed by atoms with van der Waals surface area (Å²) in [6.07, 6.45) is 11.1. The first-order chi connectivity index (χ1) is 13.4. The summed E-state index contributed by atoms with van der Waals surface area (Å²) in [5, 5.41) is 10.1. The summed E-state index contributed by atoms with van der Waals surface area (Å²) in [6, 6.07) is 11.5. The summed E-state index contributed by atoms with van der Waals surface area (Å²) >= 11 is 0. The fourth-order valence-corrected chi connectivity index (χ4v) is 3.74. The molecule has 0 spiro atoms. The van der Waals surface area contributed by atoms with Gasteiger partial charge in [-0.2, -0.15) is 8.42 Å². The Hall–Kier alpha value is -2.05. The van der Waals surface area contributed by atoms with Gasteiger partial charge in [-0.05, 0) is 42.7 Å². The SMILES string of the molecule is CCCCCCCCCCc1cccc(Oc2cccc(S(=O)(=O)O)c2O)c1. The van der Waals surface area contributed by atoms with Crippen molar-refractivity contribution in [2.45, 2.75) is 69.6 Å². The highest BCUT2D eigenvalue weighted by Gasteiger charge is 2.19. The predicted octanol–water partition coefficient (Wildman–Crippen LogP) is 6.11. The number of rotatable bonds is 12. The zero-order valence-electron chi connectivity index (χ0n) is 16.4. The average Bonchev–Trinajstić information content (AvgIpc) is 2.65. The first-order valence-electron chi connectivity index (χ1n) is 9.98. The fourth-order valence-electron chi connectivity index (χ4n) is 3.15. The molecule has 2 aromatic rings. The van der Waals surface area contributed by atoms with Crippen LogP contribution < -0.4 is 4.74 Å². The maximum Gasteiger partial charge on any atom is 0.298 e. The quantitative estimate of drug-likeness (QED) is 0.328. The highest BCUT2D eigenvalue weighted by molar-refractivity contribution is 7.86. The molecule has 0 saturated carbocycles. The molecule has 0 unspecified atom stereocenters. The largest absolute Gasteiger partial charge is 0.503 e. The third-order valence-electron chi connectivity index (χ3n) is 4.69. The lowest BCUT2D eigenvalue weighted by Gasteiger charge is -2.11. The molecule has 0 saturated heterocycles. The Labute approximate surface area is 168 Å². The van der Waals surface area contributed by atoms with Gasteiger partial charge in [0.25, 0.3) is 10.1 Å². The number of phenolic OH excluding ortho intramolecular Hbond substituents is 1. The zero-order chi connectivity index (χ0) is 20.4. The van der Waals surface area contributed by atoms with Crippen LogP contribution >= 0.6 is 0 Å². The van der Waals surface area contributed by atoms with Gasteiger partial charge in [-0.1, -0.05) is 70.1 Å². The highest BCUT2D eigenvalue weighted by atomic mass is 32.2. The molecule has 28 heavy (non-hydrogen) atoms. The molecule has 2 aromatic carbocycles. The number of hydrogen-bond donors (Lipinski definition) is 2. The van der Waals surface area contributed by atoms with Crippen LogP contribution in [0.4, 0.5) is 0 Å². The van der Waals surface area contributed by atoms with Crippen molar-refractivity contribution in [3.63, 3.8) is 0 Å². The van der Waals surface area contributed by atoms with E-state index in [9.17, 15) is 13.5 Å². The molecule has 2 N–H and O–H groups in total. The van der Waals surface area contributed by atoms with E-state index in [-0.39, 0.29) is 5.75 Å². The van der Waals surface area contributed by atoms with Gasteiger partial charge in [0.2, 0.25) is 0 Å². The van der Waals surface area contributed by atoms with E-state index in [1.54, 1.807) is 6.07 Å². The van der Waals surface area contributed by atoms with Crippen molar-refractivity contribution < 1.29 is 22.8 Å². The molecule has 5 nitrogen and oxygen atoms in total. The number of phenols is 1. The first-order valence-corrected chi connectivity index (χ1v) is 11.4. The summed E-state index contributed by atoms with van der Waals surface area (Å²) in [5.74, 6) is -0.0994. The monoisotopic (exact) mass is 406 g/mol. The molecule has 0 aliphatic carbocycles. The normalized spacial score (nSPS) is 11.5. The molecule has 0 heterocycles. The Kier molecular flexibility index (Phi) is 8.80. The maximum atomic E-state index is 11.3. The number of hydrogen-bond acceptors (Lipinski definition) is 4. The second-order valence-electron chi connectivity index (χ2n) is 7.05. The van der Waals surface area contributed by atoms with Crippen molar-refractivity contribution in [1.29, 1.82) is 0 Å². The van der Waals surface area contributed by atoms with E-state index in [1.807, 2.05) is 18.2 Å². The van der Waals surface area contributed by atoms with E-state index in [1.165, 1.54) is 57.1 Å². The Morgan fingerprint density at radius 2 is 1.54 bits per heavy atom. The third-order valence-corrected chi connectivity index (χ3v) is 5.57. The van der Waals surface area contributed by atoms with E-state index in [4.69, 9.17) is 9.29 Å². The summed E-state index contributed by atoms with van der Waals surface area (Å²) in [5.41, 5.74) is 1.13. The molecular formula is C22H30O5S. The number of para-hydroxylation sites is 1. The van der Waals surface area contributed by atoms with Crippen molar-refractivity contribution in [2.75, 3.05) is 0 Å². The van der Waals surface area contributed by atoms with Gasteiger partial charge in [0.05, 0.1) is 0 Å². The third kappa shape index (κ3) is 7.17. The smallest absolute Gasteiger partial charge is 0.298 e. The van der Waals surface area contributed by atoms with E-state index in [0.29, 0.717) is 5.75 Å². The van der Waals surface area contributed by atoms with E-state index < -0.39 is 20.8 Å². The molecule has 0 amide bonds. The summed E-state index contributed by atoms with van der Waals surface area (Å²) in [6.45, 7) is 2.23. The number of aromatic hydroxyl groups is 1. The van der Waals surface area contributed by atoms with E-state index in [2.05, 4.69) is 6.92 Å². The Balaban J connectivity index is 1.88. The average molecular weight is 407 g/mol. The summed E-state index contributed by atoms with van der Waals surface area (Å²) in [7, 11) is -4.51. The second-order valence-corrected chi connectivity index (χ2v) is 8.44. The zero-order valence-corrected chi connectivity index (χ0v) is 17.2. The van der Waals surface area contributed by atoms with Crippen LogP contribution in [0.25, 0.3) is 0 Å². The molecule has 2 rings (SSSR count). The lowest BCUT2D eigenvalue weighted by atomic mass is 10.0. The van der Waals surface area contributed by atoms with Gasteiger partial charge in [0.1, 0.15) is 10.6 Å². The van der Waals surface area contributed by atoms with Gasteiger partial charge in [0.15, 0.2) is 11.5 Å². The minimum Gasteiger partial charge on any atom is -0.503 e. The summed E-state index contributed by atoms with van der Waals surface area (Å²) in [4.78, 5) is -0.569. The predicted molar refractivity (Wildman–Crippen MR) is 111 cm³/mol.